The third-order valence-corrected chi connectivity index (χ3v) is 7.86. The van der Waals surface area contributed by atoms with Crippen LogP contribution in [-0.2, 0) is 19.3 Å². The molecule has 0 amide bonds. The smallest absolute Gasteiger partial charge is 0.223 e. The van der Waals surface area contributed by atoms with Crippen LogP contribution in [-0.4, -0.2) is 39.1 Å². The molecule has 3 aliphatic rings. The second-order valence-corrected chi connectivity index (χ2v) is 10.2. The SMILES string of the molecule is c1cnc2c(CC3CCC(Nc4ncc5c(n4)CCC5)CC3)cc(N3CCCCC3)cc2n1. The van der Waals surface area contributed by atoms with Crippen LogP contribution in [0.1, 0.15) is 68.2 Å². The average Bonchev–Trinajstić information content (AvgIpc) is 3.34. The Bertz CT molecular complexity index is 1110. The van der Waals surface area contributed by atoms with Gasteiger partial charge in [0, 0.05) is 49.1 Å². The summed E-state index contributed by atoms with van der Waals surface area (Å²) in [7, 11) is 0. The van der Waals surface area contributed by atoms with E-state index < -0.39 is 0 Å². The van der Waals surface area contributed by atoms with Gasteiger partial charge in [-0.05, 0) is 99.8 Å². The first-order valence-electron chi connectivity index (χ1n) is 12.9. The molecule has 2 aromatic heterocycles. The minimum Gasteiger partial charge on any atom is -0.371 e. The predicted octanol–water partition coefficient (Wildman–Crippen LogP) is 5.11. The maximum atomic E-state index is 4.78. The summed E-state index contributed by atoms with van der Waals surface area (Å²) in [6, 6.07) is 5.14. The summed E-state index contributed by atoms with van der Waals surface area (Å²) >= 11 is 0. The number of rotatable bonds is 5. The van der Waals surface area contributed by atoms with Gasteiger partial charge in [-0.2, -0.15) is 0 Å². The van der Waals surface area contributed by atoms with Crippen LogP contribution >= 0.6 is 0 Å². The highest BCUT2D eigenvalue weighted by atomic mass is 15.1. The van der Waals surface area contributed by atoms with E-state index in [9.17, 15) is 0 Å². The van der Waals surface area contributed by atoms with Gasteiger partial charge in [0.1, 0.15) is 0 Å². The number of fused-ring (bicyclic) bond motifs is 2. The van der Waals surface area contributed by atoms with Gasteiger partial charge < -0.3 is 10.2 Å². The average molecular weight is 443 g/mol. The molecule has 1 N–H and O–H groups in total. The first-order valence-corrected chi connectivity index (χ1v) is 12.9. The van der Waals surface area contributed by atoms with Gasteiger partial charge in [-0.3, -0.25) is 9.97 Å². The molecular weight excluding hydrogens is 408 g/mol. The number of aromatic nitrogens is 4. The number of piperidine rings is 1. The second-order valence-electron chi connectivity index (χ2n) is 10.2. The van der Waals surface area contributed by atoms with Gasteiger partial charge in [-0.15, -0.1) is 0 Å². The van der Waals surface area contributed by atoms with Crippen LogP contribution in [0.25, 0.3) is 11.0 Å². The monoisotopic (exact) mass is 442 g/mol. The Morgan fingerprint density at radius 1 is 0.879 bits per heavy atom. The summed E-state index contributed by atoms with van der Waals surface area (Å²) in [5.41, 5.74) is 7.43. The Labute approximate surface area is 196 Å². The number of hydrogen-bond acceptors (Lipinski definition) is 6. The highest BCUT2D eigenvalue weighted by Gasteiger charge is 2.24. The summed E-state index contributed by atoms with van der Waals surface area (Å²) in [6.45, 7) is 2.32. The molecule has 2 fully saturated rings. The van der Waals surface area contributed by atoms with Crippen molar-refractivity contribution in [2.75, 3.05) is 23.3 Å². The Morgan fingerprint density at radius 2 is 1.73 bits per heavy atom. The Balaban J connectivity index is 1.13. The van der Waals surface area contributed by atoms with Gasteiger partial charge in [0.25, 0.3) is 0 Å². The van der Waals surface area contributed by atoms with Crippen molar-refractivity contribution >= 4 is 22.7 Å². The van der Waals surface area contributed by atoms with Crippen LogP contribution in [0.2, 0.25) is 0 Å². The molecule has 1 saturated carbocycles. The van der Waals surface area contributed by atoms with E-state index in [4.69, 9.17) is 9.97 Å². The van der Waals surface area contributed by atoms with E-state index in [1.807, 2.05) is 18.6 Å². The van der Waals surface area contributed by atoms with Gasteiger partial charge in [-0.25, -0.2) is 9.97 Å². The molecule has 0 bridgehead atoms. The van der Waals surface area contributed by atoms with Crippen molar-refractivity contribution in [3.63, 3.8) is 0 Å². The Hall–Kier alpha value is -2.76. The van der Waals surface area contributed by atoms with E-state index in [0.717, 1.165) is 49.3 Å². The molecular formula is C27H34N6. The first-order chi connectivity index (χ1) is 16.3. The second kappa shape index (κ2) is 9.24. The summed E-state index contributed by atoms with van der Waals surface area (Å²) in [6.07, 6.45) is 19.0. The van der Waals surface area contributed by atoms with Crippen molar-refractivity contribution in [3.05, 3.63) is 47.5 Å². The van der Waals surface area contributed by atoms with Crippen molar-refractivity contribution in [2.24, 2.45) is 5.92 Å². The number of hydrogen-bond donors (Lipinski definition) is 1. The van der Waals surface area contributed by atoms with Gasteiger partial charge in [0.2, 0.25) is 5.95 Å². The minimum atomic E-state index is 0.483. The minimum absolute atomic E-state index is 0.483. The van der Waals surface area contributed by atoms with E-state index in [-0.39, 0.29) is 0 Å². The van der Waals surface area contributed by atoms with Gasteiger partial charge >= 0.3 is 0 Å². The quantitative estimate of drug-likeness (QED) is 0.592. The maximum absolute atomic E-state index is 4.78. The van der Waals surface area contributed by atoms with E-state index in [2.05, 4.69) is 32.3 Å². The third kappa shape index (κ3) is 4.53. The largest absolute Gasteiger partial charge is 0.371 e. The lowest BCUT2D eigenvalue weighted by Gasteiger charge is -2.31. The summed E-state index contributed by atoms with van der Waals surface area (Å²) in [5, 5.41) is 3.63. The van der Waals surface area contributed by atoms with Crippen molar-refractivity contribution < 1.29 is 0 Å². The first kappa shape index (κ1) is 20.8. The topological polar surface area (TPSA) is 66.8 Å². The van der Waals surface area contributed by atoms with Gasteiger partial charge in [-0.1, -0.05) is 0 Å². The van der Waals surface area contributed by atoms with Crippen LogP contribution in [0.5, 0.6) is 0 Å². The molecule has 0 spiro atoms. The van der Waals surface area contributed by atoms with E-state index in [1.165, 1.54) is 73.9 Å². The number of aryl methyl sites for hydroxylation is 2. The standard InChI is InChI=1S/C27H34N6/c1-2-13-33(14-3-1)23-16-21(26-25(17-23)28-11-12-29-26)15-19-7-9-22(10-8-19)31-27-30-18-20-5-4-6-24(20)32-27/h11-12,16-19,22H,1-10,13-15H2,(H,30,31,32). The fourth-order valence-corrected chi connectivity index (χ4v) is 6.01. The van der Waals surface area contributed by atoms with Gasteiger partial charge in [0.15, 0.2) is 0 Å². The lowest BCUT2D eigenvalue weighted by Crippen LogP contribution is -2.29. The highest BCUT2D eigenvalue weighted by Crippen LogP contribution is 2.33. The molecule has 0 atom stereocenters. The molecule has 3 aromatic rings. The molecule has 33 heavy (non-hydrogen) atoms. The van der Waals surface area contributed by atoms with Crippen molar-refractivity contribution in [2.45, 2.75) is 76.7 Å². The van der Waals surface area contributed by atoms with Crippen LogP contribution in [0.3, 0.4) is 0 Å². The molecule has 3 heterocycles. The van der Waals surface area contributed by atoms with Crippen molar-refractivity contribution in [1.82, 2.24) is 19.9 Å². The maximum Gasteiger partial charge on any atom is 0.223 e. The molecule has 0 unspecified atom stereocenters. The number of nitrogens with zero attached hydrogens (tertiary/aromatic N) is 5. The summed E-state index contributed by atoms with van der Waals surface area (Å²) < 4.78 is 0. The predicted molar refractivity (Wildman–Crippen MR) is 133 cm³/mol. The van der Waals surface area contributed by atoms with Crippen LogP contribution in [0.4, 0.5) is 11.6 Å². The normalized spacial score (nSPS) is 23.0. The van der Waals surface area contributed by atoms with Gasteiger partial charge in [0.05, 0.1) is 11.0 Å². The molecule has 172 valence electrons. The molecule has 0 radical (unpaired) electrons. The fourth-order valence-electron chi connectivity index (χ4n) is 6.01. The van der Waals surface area contributed by atoms with Crippen molar-refractivity contribution in [1.29, 1.82) is 0 Å². The number of nitrogens with one attached hydrogen (secondary N) is 1. The van der Waals surface area contributed by atoms with E-state index >= 15 is 0 Å². The molecule has 6 heteroatoms. The van der Waals surface area contributed by atoms with Crippen LogP contribution < -0.4 is 10.2 Å². The molecule has 1 aromatic carbocycles. The zero-order valence-corrected chi connectivity index (χ0v) is 19.5. The van der Waals surface area contributed by atoms with Crippen LogP contribution in [0, 0.1) is 5.92 Å². The lowest BCUT2D eigenvalue weighted by molar-refractivity contribution is 0.336. The zero-order valence-electron chi connectivity index (χ0n) is 19.5. The van der Waals surface area contributed by atoms with E-state index in [0.29, 0.717) is 12.0 Å². The van der Waals surface area contributed by atoms with E-state index in [1.54, 1.807) is 0 Å². The molecule has 1 aliphatic heterocycles. The number of anilines is 2. The Morgan fingerprint density at radius 3 is 2.61 bits per heavy atom. The highest BCUT2D eigenvalue weighted by molar-refractivity contribution is 5.82. The summed E-state index contributed by atoms with van der Waals surface area (Å²) in [5.74, 6) is 1.53. The van der Waals surface area contributed by atoms with Crippen LogP contribution in [0.15, 0.2) is 30.7 Å². The molecule has 2 aliphatic carbocycles. The third-order valence-electron chi connectivity index (χ3n) is 7.86. The molecule has 6 rings (SSSR count). The number of benzene rings is 1. The molecule has 6 nitrogen and oxygen atoms in total. The summed E-state index contributed by atoms with van der Waals surface area (Å²) in [4.78, 5) is 21.3. The Kier molecular flexibility index (Phi) is 5.83. The zero-order chi connectivity index (χ0) is 22.0. The lowest BCUT2D eigenvalue weighted by atomic mass is 9.82. The molecule has 1 saturated heterocycles. The fraction of sp³-hybridized carbons (Fsp3) is 0.556. The van der Waals surface area contributed by atoms with Crippen molar-refractivity contribution in [3.8, 4) is 0 Å².